The molecular weight excluding hydrogens is 364 g/mol. The maximum absolute atomic E-state index is 13.2. The standard InChI is InChI=1S/C15H9ClF4N4O/c1-24-11-5-8(2-3-10(11)23-14(24)15(18,19)20)22-13(25)9-4-7(17)6-21-12(9)16/h2-6H,1H3,(H,22,25). The molecule has 1 aromatic carbocycles. The third-order valence-corrected chi connectivity index (χ3v) is 3.74. The Morgan fingerprint density at radius 1 is 1.28 bits per heavy atom. The number of nitrogens with one attached hydrogen (secondary N) is 1. The van der Waals surface area contributed by atoms with Crippen molar-refractivity contribution in [2.45, 2.75) is 6.18 Å². The van der Waals surface area contributed by atoms with E-state index in [1.54, 1.807) is 0 Å². The minimum absolute atomic E-state index is 0.123. The molecule has 0 bridgehead atoms. The molecule has 0 spiro atoms. The molecule has 130 valence electrons. The van der Waals surface area contributed by atoms with Gasteiger partial charge < -0.3 is 9.88 Å². The van der Waals surface area contributed by atoms with Gasteiger partial charge in [0.2, 0.25) is 5.82 Å². The second kappa shape index (κ2) is 5.99. The highest BCUT2D eigenvalue weighted by Crippen LogP contribution is 2.31. The summed E-state index contributed by atoms with van der Waals surface area (Å²) in [6, 6.07) is 4.96. The lowest BCUT2D eigenvalue weighted by Gasteiger charge is -2.08. The molecule has 2 aromatic heterocycles. The van der Waals surface area contributed by atoms with Crippen molar-refractivity contribution in [1.29, 1.82) is 0 Å². The molecule has 0 fully saturated rings. The van der Waals surface area contributed by atoms with Gasteiger partial charge >= 0.3 is 6.18 Å². The van der Waals surface area contributed by atoms with Crippen LogP contribution in [0.5, 0.6) is 0 Å². The van der Waals surface area contributed by atoms with Crippen molar-refractivity contribution >= 4 is 34.2 Å². The van der Waals surface area contributed by atoms with Crippen molar-refractivity contribution in [1.82, 2.24) is 14.5 Å². The van der Waals surface area contributed by atoms with Gasteiger partial charge in [-0.2, -0.15) is 13.2 Å². The van der Waals surface area contributed by atoms with Gasteiger partial charge in [0.25, 0.3) is 5.91 Å². The number of alkyl halides is 3. The maximum atomic E-state index is 13.2. The third-order valence-electron chi connectivity index (χ3n) is 3.44. The van der Waals surface area contributed by atoms with Crippen LogP contribution in [0.25, 0.3) is 11.0 Å². The average Bonchev–Trinajstić information content (AvgIpc) is 2.86. The van der Waals surface area contributed by atoms with E-state index in [4.69, 9.17) is 11.6 Å². The van der Waals surface area contributed by atoms with Gasteiger partial charge in [-0.3, -0.25) is 4.79 Å². The predicted octanol–water partition coefficient (Wildman–Crippen LogP) is 4.03. The maximum Gasteiger partial charge on any atom is 0.449 e. The van der Waals surface area contributed by atoms with E-state index in [0.29, 0.717) is 0 Å². The molecule has 0 saturated carbocycles. The fraction of sp³-hybridized carbons (Fsp3) is 0.133. The Bertz CT molecular complexity index is 984. The summed E-state index contributed by atoms with van der Waals surface area (Å²) >= 11 is 5.75. The Labute approximate surface area is 143 Å². The summed E-state index contributed by atoms with van der Waals surface area (Å²) in [7, 11) is 1.22. The summed E-state index contributed by atoms with van der Waals surface area (Å²) in [5.74, 6) is -2.54. The number of rotatable bonds is 2. The van der Waals surface area contributed by atoms with Gasteiger partial charge in [-0.1, -0.05) is 11.6 Å². The van der Waals surface area contributed by atoms with E-state index < -0.39 is 23.7 Å². The van der Waals surface area contributed by atoms with Crippen LogP contribution in [0.3, 0.4) is 0 Å². The van der Waals surface area contributed by atoms with Crippen LogP contribution in [-0.4, -0.2) is 20.4 Å². The monoisotopic (exact) mass is 372 g/mol. The van der Waals surface area contributed by atoms with Gasteiger partial charge in [0.1, 0.15) is 11.0 Å². The highest BCUT2D eigenvalue weighted by Gasteiger charge is 2.36. The Morgan fingerprint density at radius 2 is 2.00 bits per heavy atom. The van der Waals surface area contributed by atoms with Crippen molar-refractivity contribution in [2.75, 3.05) is 5.32 Å². The quantitative estimate of drug-likeness (QED) is 0.545. The molecule has 1 amide bonds. The topological polar surface area (TPSA) is 59.8 Å². The Balaban J connectivity index is 1.96. The lowest BCUT2D eigenvalue weighted by Crippen LogP contribution is -2.14. The van der Waals surface area contributed by atoms with Crippen molar-refractivity contribution in [3.8, 4) is 0 Å². The number of fused-ring (bicyclic) bond motifs is 1. The van der Waals surface area contributed by atoms with Gasteiger partial charge in [0.15, 0.2) is 0 Å². The number of carbonyl (C=O) groups excluding carboxylic acids is 1. The van der Waals surface area contributed by atoms with Crippen LogP contribution >= 0.6 is 11.6 Å². The van der Waals surface area contributed by atoms with Crippen LogP contribution in [0.15, 0.2) is 30.5 Å². The zero-order valence-corrected chi connectivity index (χ0v) is 13.3. The number of hydrogen-bond acceptors (Lipinski definition) is 3. The minimum Gasteiger partial charge on any atom is -0.323 e. The molecule has 0 saturated heterocycles. The first-order valence-corrected chi connectivity index (χ1v) is 7.20. The first-order chi connectivity index (χ1) is 11.7. The summed E-state index contributed by atoms with van der Waals surface area (Å²) in [5, 5.41) is 2.25. The Hall–Kier alpha value is -2.68. The van der Waals surface area contributed by atoms with Crippen molar-refractivity contribution in [3.63, 3.8) is 0 Å². The van der Waals surface area contributed by atoms with Crippen LogP contribution in [-0.2, 0) is 13.2 Å². The molecule has 3 rings (SSSR count). The van der Waals surface area contributed by atoms with E-state index in [1.807, 2.05) is 0 Å². The normalized spacial score (nSPS) is 11.8. The number of imidazole rings is 1. The van der Waals surface area contributed by atoms with Crippen LogP contribution in [0.4, 0.5) is 23.2 Å². The number of pyridine rings is 1. The van der Waals surface area contributed by atoms with Gasteiger partial charge in [-0.15, -0.1) is 0 Å². The van der Waals surface area contributed by atoms with Crippen LogP contribution < -0.4 is 5.32 Å². The molecule has 0 aliphatic heterocycles. The molecule has 1 N–H and O–H groups in total. The molecule has 5 nitrogen and oxygen atoms in total. The highest BCUT2D eigenvalue weighted by molar-refractivity contribution is 6.33. The molecular formula is C15H9ClF4N4O. The first kappa shape index (κ1) is 17.2. The summed E-state index contributed by atoms with van der Waals surface area (Å²) in [4.78, 5) is 19.2. The summed E-state index contributed by atoms with van der Waals surface area (Å²) in [6.45, 7) is 0. The van der Waals surface area contributed by atoms with Crippen molar-refractivity contribution in [2.24, 2.45) is 7.05 Å². The van der Waals surface area contributed by atoms with Gasteiger partial charge in [-0.25, -0.2) is 14.4 Å². The number of anilines is 1. The lowest BCUT2D eigenvalue weighted by molar-refractivity contribution is -0.146. The van der Waals surface area contributed by atoms with Crippen molar-refractivity contribution in [3.05, 3.63) is 52.8 Å². The molecule has 2 heterocycles. The largest absolute Gasteiger partial charge is 0.449 e. The number of aromatic nitrogens is 3. The van der Waals surface area contributed by atoms with E-state index in [1.165, 1.54) is 25.2 Å². The first-order valence-electron chi connectivity index (χ1n) is 6.83. The summed E-state index contributed by atoms with van der Waals surface area (Å²) in [5.41, 5.74) is 0.309. The molecule has 0 aliphatic rings. The second-order valence-corrected chi connectivity index (χ2v) is 5.50. The molecule has 25 heavy (non-hydrogen) atoms. The van der Waals surface area contributed by atoms with Gasteiger partial charge in [0.05, 0.1) is 22.8 Å². The third kappa shape index (κ3) is 3.27. The molecule has 0 atom stereocenters. The fourth-order valence-electron chi connectivity index (χ4n) is 2.30. The lowest BCUT2D eigenvalue weighted by atomic mass is 10.2. The second-order valence-electron chi connectivity index (χ2n) is 5.14. The smallest absolute Gasteiger partial charge is 0.323 e. The summed E-state index contributed by atoms with van der Waals surface area (Å²) < 4.78 is 52.8. The van der Waals surface area contributed by atoms with E-state index in [-0.39, 0.29) is 27.4 Å². The molecule has 0 unspecified atom stereocenters. The number of nitrogens with zero attached hydrogens (tertiary/aromatic N) is 3. The Kier molecular flexibility index (Phi) is 4.11. The van der Waals surface area contributed by atoms with Crippen LogP contribution in [0.1, 0.15) is 16.2 Å². The SMILES string of the molecule is Cn1c(C(F)(F)F)nc2ccc(NC(=O)c3cc(F)cnc3Cl)cc21. The number of halogens is 5. The van der Waals surface area contributed by atoms with Crippen LogP contribution in [0.2, 0.25) is 5.15 Å². The highest BCUT2D eigenvalue weighted by atomic mass is 35.5. The molecule has 10 heteroatoms. The molecule has 0 radical (unpaired) electrons. The average molecular weight is 373 g/mol. The van der Waals surface area contributed by atoms with E-state index in [9.17, 15) is 22.4 Å². The zero-order valence-electron chi connectivity index (χ0n) is 12.5. The number of aryl methyl sites for hydroxylation is 1. The van der Waals surface area contributed by atoms with Crippen LogP contribution in [0, 0.1) is 5.82 Å². The van der Waals surface area contributed by atoms with E-state index >= 15 is 0 Å². The number of carbonyl (C=O) groups is 1. The predicted molar refractivity (Wildman–Crippen MR) is 82.9 cm³/mol. The summed E-state index contributed by atoms with van der Waals surface area (Å²) in [6.07, 6.45) is -3.74. The van der Waals surface area contributed by atoms with E-state index in [2.05, 4.69) is 15.3 Å². The van der Waals surface area contributed by atoms with Crippen molar-refractivity contribution < 1.29 is 22.4 Å². The number of benzene rings is 1. The number of amides is 1. The van der Waals surface area contributed by atoms with Gasteiger partial charge in [-0.05, 0) is 24.3 Å². The van der Waals surface area contributed by atoms with E-state index in [0.717, 1.165) is 16.8 Å². The molecule has 0 aliphatic carbocycles. The number of hydrogen-bond donors (Lipinski definition) is 1. The fourth-order valence-corrected chi connectivity index (χ4v) is 2.49. The van der Waals surface area contributed by atoms with Gasteiger partial charge in [0, 0.05) is 12.7 Å². The zero-order chi connectivity index (χ0) is 18.4. The molecule has 3 aromatic rings. The minimum atomic E-state index is -4.60. The Morgan fingerprint density at radius 3 is 2.68 bits per heavy atom.